The summed E-state index contributed by atoms with van der Waals surface area (Å²) in [5.41, 5.74) is 5.49. The monoisotopic (exact) mass is 658 g/mol. The Morgan fingerprint density at radius 1 is 1.00 bits per heavy atom. The van der Waals surface area contributed by atoms with Crippen molar-refractivity contribution < 1.29 is 14.0 Å². The van der Waals surface area contributed by atoms with Crippen LogP contribution in [0.25, 0.3) is 22.4 Å². The van der Waals surface area contributed by atoms with E-state index in [9.17, 15) is 9.59 Å². The number of hydrogen-bond acceptors (Lipinski definition) is 7. The van der Waals surface area contributed by atoms with E-state index in [4.69, 9.17) is 19.2 Å². The molecule has 10 nitrogen and oxygen atoms in total. The van der Waals surface area contributed by atoms with E-state index in [1.807, 2.05) is 65.0 Å². The van der Waals surface area contributed by atoms with Crippen molar-refractivity contribution in [3.8, 4) is 11.4 Å². The third kappa shape index (κ3) is 7.68. The number of nitrogens with one attached hydrogen (secondary N) is 1. The van der Waals surface area contributed by atoms with Gasteiger partial charge in [-0.05, 0) is 100 Å². The van der Waals surface area contributed by atoms with Crippen molar-refractivity contribution in [2.45, 2.75) is 98.6 Å². The van der Waals surface area contributed by atoms with Crippen LogP contribution in [0.5, 0.6) is 0 Å². The molecular weight excluding hydrogens is 609 g/mol. The molecule has 0 saturated heterocycles. The van der Waals surface area contributed by atoms with E-state index < -0.39 is 20.0 Å². The smallest absolute Gasteiger partial charge is 0.407 e. The van der Waals surface area contributed by atoms with Crippen LogP contribution in [0.1, 0.15) is 69.8 Å². The fourth-order valence-electron chi connectivity index (χ4n) is 5.65. The molecule has 1 amide bonds. The van der Waals surface area contributed by atoms with Gasteiger partial charge in [0, 0.05) is 26.2 Å². The van der Waals surface area contributed by atoms with Crippen LogP contribution in [0, 0.1) is 13.8 Å². The van der Waals surface area contributed by atoms with Gasteiger partial charge in [-0.2, -0.15) is 5.10 Å². The minimum Gasteiger partial charge on any atom is -0.444 e. The van der Waals surface area contributed by atoms with Gasteiger partial charge in [0.1, 0.15) is 22.6 Å². The van der Waals surface area contributed by atoms with Crippen LogP contribution < -0.4 is 10.9 Å². The van der Waals surface area contributed by atoms with Gasteiger partial charge < -0.3 is 14.5 Å². The molecule has 47 heavy (non-hydrogen) atoms. The van der Waals surface area contributed by atoms with Crippen LogP contribution in [-0.2, 0) is 28.7 Å². The molecule has 1 aliphatic heterocycles. The molecule has 0 spiro atoms. The zero-order chi connectivity index (χ0) is 34.3. The number of fused-ring (bicyclic) bond motifs is 2. The van der Waals surface area contributed by atoms with Crippen LogP contribution in [0.4, 0.5) is 4.79 Å². The SMILES string of the molecule is Cc1cccc(-n2nc(CNC(=O)OC(C)(C)C)c3nc(C)n(-c4ccc5c(c4)CN(CCO[Si](C)(C)C(C)(C)C)CC5)c(=O)c32)c1. The molecule has 2 aromatic carbocycles. The summed E-state index contributed by atoms with van der Waals surface area (Å²) in [5, 5.41) is 7.76. The number of carbonyl (C=O) groups excluding carboxylic acids is 1. The van der Waals surface area contributed by atoms with Gasteiger partial charge in [-0.25, -0.2) is 14.5 Å². The number of carbonyl (C=O) groups is 1. The molecule has 0 radical (unpaired) electrons. The first-order valence-corrected chi connectivity index (χ1v) is 19.4. The molecule has 0 atom stereocenters. The second-order valence-corrected chi connectivity index (χ2v) is 19.9. The first kappa shape index (κ1) is 34.5. The first-order valence-electron chi connectivity index (χ1n) is 16.5. The third-order valence-electron chi connectivity index (χ3n) is 9.19. The van der Waals surface area contributed by atoms with E-state index in [0.717, 1.165) is 49.6 Å². The molecule has 5 rings (SSSR count). The Morgan fingerprint density at radius 2 is 1.74 bits per heavy atom. The van der Waals surface area contributed by atoms with Crippen molar-refractivity contribution in [2.24, 2.45) is 0 Å². The lowest BCUT2D eigenvalue weighted by Crippen LogP contribution is -2.43. The maximum atomic E-state index is 14.4. The lowest BCUT2D eigenvalue weighted by Gasteiger charge is -2.37. The normalized spacial score (nSPS) is 14.3. The fourth-order valence-corrected chi connectivity index (χ4v) is 6.68. The summed E-state index contributed by atoms with van der Waals surface area (Å²) < 4.78 is 15.2. The Kier molecular flexibility index (Phi) is 9.56. The molecule has 4 aromatic rings. The molecule has 1 N–H and O–H groups in total. The quantitative estimate of drug-likeness (QED) is 0.213. The molecule has 252 valence electrons. The van der Waals surface area contributed by atoms with Gasteiger partial charge in [-0.3, -0.25) is 14.3 Å². The van der Waals surface area contributed by atoms with Crippen molar-refractivity contribution in [1.82, 2.24) is 29.5 Å². The van der Waals surface area contributed by atoms with E-state index in [1.54, 1.807) is 9.25 Å². The molecule has 11 heteroatoms. The van der Waals surface area contributed by atoms with Gasteiger partial charge in [-0.1, -0.05) is 39.0 Å². The van der Waals surface area contributed by atoms with Gasteiger partial charge in [0.2, 0.25) is 0 Å². The minimum absolute atomic E-state index is 0.0634. The Hall–Kier alpha value is -3.80. The van der Waals surface area contributed by atoms with Gasteiger partial charge >= 0.3 is 6.09 Å². The first-order chi connectivity index (χ1) is 21.9. The number of alkyl carbamates (subject to hydrolysis) is 1. The van der Waals surface area contributed by atoms with Crippen molar-refractivity contribution in [2.75, 3.05) is 19.7 Å². The van der Waals surface area contributed by atoms with Gasteiger partial charge in [0.05, 0.1) is 17.9 Å². The molecule has 2 aromatic heterocycles. The van der Waals surface area contributed by atoms with E-state index in [1.165, 1.54) is 11.1 Å². The second-order valence-electron chi connectivity index (χ2n) is 15.1. The molecule has 0 bridgehead atoms. The molecule has 1 aliphatic rings. The minimum atomic E-state index is -1.81. The summed E-state index contributed by atoms with van der Waals surface area (Å²) in [7, 11) is -1.81. The van der Waals surface area contributed by atoms with E-state index >= 15 is 0 Å². The summed E-state index contributed by atoms with van der Waals surface area (Å²) in [6.45, 7) is 24.1. The van der Waals surface area contributed by atoms with Crippen molar-refractivity contribution in [1.29, 1.82) is 0 Å². The topological polar surface area (TPSA) is 104 Å². The maximum absolute atomic E-state index is 14.4. The highest BCUT2D eigenvalue weighted by Crippen LogP contribution is 2.36. The zero-order valence-electron chi connectivity index (χ0n) is 29.7. The highest BCUT2D eigenvalue weighted by atomic mass is 28.4. The predicted octanol–water partition coefficient (Wildman–Crippen LogP) is 6.59. The molecule has 0 unspecified atom stereocenters. The van der Waals surface area contributed by atoms with Crippen LogP contribution in [-0.4, -0.2) is 63.9 Å². The number of rotatable bonds is 8. The molecule has 3 heterocycles. The number of aryl methyl sites for hydroxylation is 2. The summed E-state index contributed by atoms with van der Waals surface area (Å²) in [4.78, 5) is 34.3. The summed E-state index contributed by atoms with van der Waals surface area (Å²) in [6.07, 6.45) is 0.394. The van der Waals surface area contributed by atoms with Crippen LogP contribution in [0.3, 0.4) is 0 Å². The van der Waals surface area contributed by atoms with E-state index in [2.05, 4.69) is 56.2 Å². The van der Waals surface area contributed by atoms with Crippen molar-refractivity contribution in [3.63, 3.8) is 0 Å². The third-order valence-corrected chi connectivity index (χ3v) is 13.7. The number of amides is 1. The Labute approximate surface area is 279 Å². The maximum Gasteiger partial charge on any atom is 0.407 e. The Bertz CT molecular complexity index is 1850. The number of hydrogen-bond donors (Lipinski definition) is 1. The average Bonchev–Trinajstić information content (AvgIpc) is 3.33. The van der Waals surface area contributed by atoms with E-state index in [0.29, 0.717) is 22.6 Å². The van der Waals surface area contributed by atoms with Crippen LogP contribution in [0.2, 0.25) is 18.1 Å². The zero-order valence-corrected chi connectivity index (χ0v) is 30.7. The largest absolute Gasteiger partial charge is 0.444 e. The second kappa shape index (κ2) is 13.0. The highest BCUT2D eigenvalue weighted by Gasteiger charge is 2.37. The molecule has 0 aliphatic carbocycles. The standard InChI is InChI=1S/C36H50N6O4Si/c1-24-12-11-13-29(20-24)42-32-31(30(39-42)22-37-34(44)46-35(3,4)5)38-25(2)41(33(32)43)28-15-14-26-16-17-40(23-27(26)21-28)18-19-45-47(9,10)36(6,7)8/h11-15,20-21H,16-19,22-23H2,1-10H3,(H,37,44). The lowest BCUT2D eigenvalue weighted by molar-refractivity contribution is 0.0523. The molecular formula is C36H50N6O4Si. The predicted molar refractivity (Wildman–Crippen MR) is 189 cm³/mol. The summed E-state index contributed by atoms with van der Waals surface area (Å²) in [5.74, 6) is 0.542. The summed E-state index contributed by atoms with van der Waals surface area (Å²) >= 11 is 0. The number of nitrogens with zero attached hydrogens (tertiary/aromatic N) is 5. The number of benzene rings is 2. The fraction of sp³-hybridized carbons (Fsp3) is 0.500. The Balaban J connectivity index is 1.48. The summed E-state index contributed by atoms with van der Waals surface area (Å²) in [6, 6.07) is 14.1. The lowest BCUT2D eigenvalue weighted by atomic mass is 9.99. The highest BCUT2D eigenvalue weighted by molar-refractivity contribution is 6.74. The van der Waals surface area contributed by atoms with Crippen LogP contribution >= 0.6 is 0 Å². The number of aromatic nitrogens is 4. The van der Waals surface area contributed by atoms with Gasteiger partial charge in [0.25, 0.3) is 5.56 Å². The van der Waals surface area contributed by atoms with E-state index in [-0.39, 0.29) is 17.1 Å². The van der Waals surface area contributed by atoms with Crippen molar-refractivity contribution >= 4 is 25.4 Å². The molecule has 0 fully saturated rings. The average molecular weight is 659 g/mol. The molecule has 0 saturated carbocycles. The van der Waals surface area contributed by atoms with Gasteiger partial charge in [-0.15, -0.1) is 0 Å². The number of ether oxygens (including phenoxy) is 1. The Morgan fingerprint density at radius 3 is 2.43 bits per heavy atom. The van der Waals surface area contributed by atoms with Crippen molar-refractivity contribution in [3.05, 3.63) is 81.0 Å². The van der Waals surface area contributed by atoms with Crippen LogP contribution in [0.15, 0.2) is 47.3 Å². The van der Waals surface area contributed by atoms with Gasteiger partial charge in [0.15, 0.2) is 13.8 Å².